The van der Waals surface area contributed by atoms with Gasteiger partial charge in [-0.05, 0) is 31.6 Å². The van der Waals surface area contributed by atoms with Gasteiger partial charge in [0.05, 0.1) is 10.9 Å². The fourth-order valence-corrected chi connectivity index (χ4v) is 3.28. The number of carbonyl (C=O) groups is 1. The average molecular weight is 323 g/mol. The predicted molar refractivity (Wildman–Crippen MR) is 84.2 cm³/mol. The van der Waals surface area contributed by atoms with E-state index in [1.807, 2.05) is 13.0 Å². The second-order valence-electron chi connectivity index (χ2n) is 5.26. The van der Waals surface area contributed by atoms with E-state index in [0.29, 0.717) is 0 Å². The molecule has 0 aliphatic carbocycles. The molecular weight excluding hydrogens is 302 g/mol. The highest BCUT2D eigenvalue weighted by molar-refractivity contribution is 7.90. The quantitative estimate of drug-likeness (QED) is 0.872. The number of hydrogen-bond donors (Lipinski definition) is 2. The van der Waals surface area contributed by atoms with Gasteiger partial charge in [0.15, 0.2) is 0 Å². The maximum atomic E-state index is 12.3. The van der Waals surface area contributed by atoms with Gasteiger partial charge in [-0.3, -0.25) is 5.43 Å². The Labute approximate surface area is 131 Å². The normalized spacial score (nSPS) is 17.8. The number of rotatable bonds is 5. The topological polar surface area (TPSA) is 78.5 Å². The summed E-state index contributed by atoms with van der Waals surface area (Å²) in [6.07, 6.45) is 4.70. The number of amides is 2. The van der Waals surface area contributed by atoms with E-state index in [4.69, 9.17) is 0 Å². The van der Waals surface area contributed by atoms with Crippen LogP contribution in [0.15, 0.2) is 47.0 Å². The number of hydrazine groups is 1. The first-order valence-electron chi connectivity index (χ1n) is 7.30. The second-order valence-corrected chi connectivity index (χ2v) is 6.95. The first-order chi connectivity index (χ1) is 10.4. The van der Waals surface area contributed by atoms with Crippen molar-refractivity contribution in [1.29, 1.82) is 0 Å². The predicted octanol–water partition coefficient (Wildman–Crippen LogP) is 2.37. The molecule has 1 aromatic rings. The number of nitrogens with zero attached hydrogens (tertiary/aromatic N) is 1. The SMILES string of the molecule is CCCCC1C=C(C)NN1C(=O)NS(=O)(=O)c1ccccc1. The van der Waals surface area contributed by atoms with Gasteiger partial charge in [-0.2, -0.15) is 0 Å². The molecular formula is C15H21N3O3S. The first-order valence-corrected chi connectivity index (χ1v) is 8.78. The molecule has 2 amide bonds. The van der Waals surface area contributed by atoms with Crippen LogP contribution in [0.1, 0.15) is 33.1 Å². The molecule has 1 unspecified atom stereocenters. The van der Waals surface area contributed by atoms with Gasteiger partial charge in [0.2, 0.25) is 0 Å². The number of benzene rings is 1. The molecule has 0 spiro atoms. The number of unbranched alkanes of at least 4 members (excludes halogenated alkanes) is 1. The molecule has 0 saturated carbocycles. The maximum Gasteiger partial charge on any atom is 0.350 e. The number of nitrogens with one attached hydrogen (secondary N) is 2. The van der Waals surface area contributed by atoms with Crippen molar-refractivity contribution in [2.75, 3.05) is 0 Å². The molecule has 1 aliphatic heterocycles. The third-order valence-corrected chi connectivity index (χ3v) is 4.75. The lowest BCUT2D eigenvalue weighted by atomic mass is 10.1. The van der Waals surface area contributed by atoms with Crippen molar-refractivity contribution in [3.05, 3.63) is 42.1 Å². The molecule has 1 aliphatic rings. The highest BCUT2D eigenvalue weighted by Gasteiger charge is 2.30. The van der Waals surface area contributed by atoms with Crippen molar-refractivity contribution in [2.45, 2.75) is 44.0 Å². The van der Waals surface area contributed by atoms with Crippen LogP contribution in [-0.4, -0.2) is 25.5 Å². The summed E-state index contributed by atoms with van der Waals surface area (Å²) in [5.41, 5.74) is 3.75. The molecule has 0 fully saturated rings. The summed E-state index contributed by atoms with van der Waals surface area (Å²) in [6, 6.07) is 7.04. The monoisotopic (exact) mass is 323 g/mol. The molecule has 0 saturated heterocycles. The fraction of sp³-hybridized carbons (Fsp3) is 0.400. The van der Waals surface area contributed by atoms with Crippen LogP contribution >= 0.6 is 0 Å². The summed E-state index contributed by atoms with van der Waals surface area (Å²) in [5.74, 6) is 0. The van der Waals surface area contributed by atoms with Gasteiger partial charge in [0, 0.05) is 5.70 Å². The maximum absolute atomic E-state index is 12.3. The van der Waals surface area contributed by atoms with Crippen molar-refractivity contribution in [3.63, 3.8) is 0 Å². The third kappa shape index (κ3) is 3.79. The summed E-state index contributed by atoms with van der Waals surface area (Å²) in [5, 5.41) is 1.34. The summed E-state index contributed by atoms with van der Waals surface area (Å²) < 4.78 is 26.5. The minimum absolute atomic E-state index is 0.0670. The molecule has 7 heteroatoms. The van der Waals surface area contributed by atoms with Crippen molar-refractivity contribution < 1.29 is 13.2 Å². The molecule has 0 aromatic heterocycles. The third-order valence-electron chi connectivity index (χ3n) is 3.42. The van der Waals surface area contributed by atoms with E-state index in [1.165, 1.54) is 17.1 Å². The number of carbonyl (C=O) groups excluding carboxylic acids is 1. The number of hydrogen-bond acceptors (Lipinski definition) is 4. The number of allylic oxidation sites excluding steroid dienone is 1. The van der Waals surface area contributed by atoms with Crippen molar-refractivity contribution in [2.24, 2.45) is 0 Å². The summed E-state index contributed by atoms with van der Waals surface area (Å²) in [6.45, 7) is 3.92. The van der Waals surface area contributed by atoms with Crippen LogP contribution in [0, 0.1) is 0 Å². The van der Waals surface area contributed by atoms with Gasteiger partial charge in [0.1, 0.15) is 0 Å². The summed E-state index contributed by atoms with van der Waals surface area (Å²) in [4.78, 5) is 12.4. The number of sulfonamides is 1. The van der Waals surface area contributed by atoms with Gasteiger partial charge in [-0.15, -0.1) is 0 Å². The van der Waals surface area contributed by atoms with Crippen LogP contribution in [0.5, 0.6) is 0 Å². The van der Waals surface area contributed by atoms with Gasteiger partial charge >= 0.3 is 6.03 Å². The van der Waals surface area contributed by atoms with Crippen molar-refractivity contribution >= 4 is 16.1 Å². The molecule has 0 bridgehead atoms. The van der Waals surface area contributed by atoms with Crippen LogP contribution in [0.25, 0.3) is 0 Å². The standard InChI is InChI=1S/C15H21N3O3S/c1-3-4-8-13-11-12(2)16-18(13)15(19)17-22(20,21)14-9-6-5-7-10-14/h5-7,9-11,13,16H,3-4,8H2,1-2H3,(H,17,19). The van der Waals surface area contributed by atoms with E-state index in [0.717, 1.165) is 25.0 Å². The molecule has 22 heavy (non-hydrogen) atoms. The molecule has 0 radical (unpaired) electrons. The fourth-order valence-electron chi connectivity index (χ4n) is 2.32. The minimum Gasteiger partial charge on any atom is -0.299 e. The number of urea groups is 1. The van der Waals surface area contributed by atoms with E-state index in [-0.39, 0.29) is 10.9 Å². The Hall–Kier alpha value is -2.02. The zero-order valence-corrected chi connectivity index (χ0v) is 13.6. The van der Waals surface area contributed by atoms with Crippen LogP contribution in [0.3, 0.4) is 0 Å². The zero-order valence-electron chi connectivity index (χ0n) is 12.7. The van der Waals surface area contributed by atoms with Crippen LogP contribution in [-0.2, 0) is 10.0 Å². The van der Waals surface area contributed by atoms with Gasteiger partial charge in [0.25, 0.3) is 10.0 Å². The van der Waals surface area contributed by atoms with E-state index >= 15 is 0 Å². The highest BCUT2D eigenvalue weighted by atomic mass is 32.2. The van der Waals surface area contributed by atoms with Crippen LogP contribution in [0.4, 0.5) is 4.79 Å². The van der Waals surface area contributed by atoms with Crippen LogP contribution < -0.4 is 10.1 Å². The smallest absolute Gasteiger partial charge is 0.299 e. The molecule has 1 aromatic carbocycles. The summed E-state index contributed by atoms with van der Waals surface area (Å²) >= 11 is 0. The molecule has 6 nitrogen and oxygen atoms in total. The Balaban J connectivity index is 2.08. The van der Waals surface area contributed by atoms with Crippen molar-refractivity contribution in [3.8, 4) is 0 Å². The lowest BCUT2D eigenvalue weighted by Gasteiger charge is -2.25. The summed E-state index contributed by atoms with van der Waals surface area (Å²) in [7, 11) is -3.86. The first kappa shape index (κ1) is 16.4. The van der Waals surface area contributed by atoms with Crippen LogP contribution in [0.2, 0.25) is 0 Å². The second kappa shape index (κ2) is 6.83. The van der Waals surface area contributed by atoms with Gasteiger partial charge in [-0.1, -0.05) is 38.0 Å². The largest absolute Gasteiger partial charge is 0.350 e. The lowest BCUT2D eigenvalue weighted by Crippen LogP contribution is -2.50. The molecule has 1 atom stereocenters. The lowest BCUT2D eigenvalue weighted by molar-refractivity contribution is 0.175. The van der Waals surface area contributed by atoms with E-state index in [2.05, 4.69) is 17.1 Å². The Bertz CT molecular complexity index is 656. The average Bonchev–Trinajstić information content (AvgIpc) is 2.87. The molecule has 2 N–H and O–H groups in total. The molecule has 1 heterocycles. The van der Waals surface area contributed by atoms with Gasteiger partial charge in [-0.25, -0.2) is 22.9 Å². The molecule has 120 valence electrons. The Morgan fingerprint density at radius 1 is 1.32 bits per heavy atom. The van der Waals surface area contributed by atoms with E-state index in [1.54, 1.807) is 18.2 Å². The van der Waals surface area contributed by atoms with E-state index in [9.17, 15) is 13.2 Å². The molecule has 2 rings (SSSR count). The highest BCUT2D eigenvalue weighted by Crippen LogP contribution is 2.17. The van der Waals surface area contributed by atoms with E-state index < -0.39 is 16.1 Å². The Kier molecular flexibility index (Phi) is 5.07. The van der Waals surface area contributed by atoms with Crippen molar-refractivity contribution in [1.82, 2.24) is 15.2 Å². The Morgan fingerprint density at radius 3 is 2.64 bits per heavy atom. The van der Waals surface area contributed by atoms with Gasteiger partial charge < -0.3 is 0 Å². The minimum atomic E-state index is -3.86. The zero-order chi connectivity index (χ0) is 16.2. The Morgan fingerprint density at radius 2 is 2.00 bits per heavy atom.